The molecule has 26 heavy (non-hydrogen) atoms. The van der Waals surface area contributed by atoms with E-state index < -0.39 is 0 Å². The Morgan fingerprint density at radius 3 is 2.42 bits per heavy atom. The summed E-state index contributed by atoms with van der Waals surface area (Å²) in [5, 5.41) is 2.98. The van der Waals surface area contributed by atoms with Gasteiger partial charge >= 0.3 is 0 Å². The minimum Gasteiger partial charge on any atom is -0.497 e. The van der Waals surface area contributed by atoms with Crippen molar-refractivity contribution >= 4 is 27.5 Å². The second-order valence-electron chi connectivity index (χ2n) is 6.20. The molecule has 3 aromatic rings. The lowest BCUT2D eigenvalue weighted by Crippen LogP contribution is -2.26. The number of nitrogens with zero attached hydrogens (tertiary/aromatic N) is 1. The predicted molar refractivity (Wildman–Crippen MR) is 106 cm³/mol. The van der Waals surface area contributed by atoms with Crippen LogP contribution in [0.2, 0.25) is 0 Å². The Morgan fingerprint density at radius 2 is 1.81 bits per heavy atom. The van der Waals surface area contributed by atoms with Crippen molar-refractivity contribution in [1.29, 1.82) is 0 Å². The molecule has 0 unspecified atom stereocenters. The number of carbonyl (C=O) groups is 1. The van der Waals surface area contributed by atoms with Gasteiger partial charge in [-0.25, -0.2) is 0 Å². The van der Waals surface area contributed by atoms with Crippen molar-refractivity contribution < 1.29 is 14.3 Å². The maximum atomic E-state index is 12.6. The van der Waals surface area contributed by atoms with Crippen LogP contribution in [0.15, 0.2) is 30.3 Å². The van der Waals surface area contributed by atoms with Crippen LogP contribution in [0.25, 0.3) is 10.2 Å². The average molecular weight is 372 g/mol. The molecule has 0 aliphatic rings. The summed E-state index contributed by atoms with van der Waals surface area (Å²) in [6.45, 7) is 5.37. The average Bonchev–Trinajstić information content (AvgIpc) is 3.16. The smallest absolute Gasteiger partial charge is 0.267 e. The van der Waals surface area contributed by atoms with Crippen LogP contribution in [-0.2, 0) is 6.54 Å². The van der Waals surface area contributed by atoms with Crippen molar-refractivity contribution in [2.75, 3.05) is 20.8 Å². The molecule has 0 bridgehead atoms. The number of nitrogens with one attached hydrogen (secondary N) is 1. The van der Waals surface area contributed by atoms with Crippen LogP contribution in [0.4, 0.5) is 0 Å². The molecule has 0 spiro atoms. The van der Waals surface area contributed by atoms with Gasteiger partial charge in [-0.15, -0.1) is 11.3 Å². The van der Waals surface area contributed by atoms with E-state index in [2.05, 4.69) is 22.9 Å². The predicted octanol–water partition coefficient (Wildman–Crippen LogP) is 4.22. The van der Waals surface area contributed by atoms with Crippen molar-refractivity contribution in [3.8, 4) is 11.5 Å². The zero-order chi connectivity index (χ0) is 18.7. The summed E-state index contributed by atoms with van der Waals surface area (Å²) < 4.78 is 13.9. The molecule has 0 aliphatic carbocycles. The quantitative estimate of drug-likeness (QED) is 0.676. The lowest BCUT2D eigenvalue weighted by molar-refractivity contribution is 0.0945. The normalized spacial score (nSPS) is 10.9. The second-order valence-corrected chi connectivity index (χ2v) is 7.49. The molecule has 3 rings (SSSR count). The van der Waals surface area contributed by atoms with Gasteiger partial charge < -0.3 is 19.4 Å². The highest BCUT2D eigenvalue weighted by molar-refractivity contribution is 7.19. The molecule has 0 aliphatic heterocycles. The number of hydrogen-bond donors (Lipinski definition) is 1. The SMILES string of the molecule is CCCNC(=O)c1cc2sc(C)cc2n1Cc1cc(OC)cc(OC)c1. The van der Waals surface area contributed by atoms with Crippen molar-refractivity contribution in [1.82, 2.24) is 9.88 Å². The van der Waals surface area contributed by atoms with Crippen LogP contribution >= 0.6 is 11.3 Å². The van der Waals surface area contributed by atoms with Gasteiger partial charge in [-0.2, -0.15) is 0 Å². The Hall–Kier alpha value is -2.47. The molecule has 0 atom stereocenters. The molecule has 1 amide bonds. The number of hydrogen-bond acceptors (Lipinski definition) is 4. The molecule has 0 fully saturated rings. The van der Waals surface area contributed by atoms with Gasteiger partial charge in [0.25, 0.3) is 5.91 Å². The highest BCUT2D eigenvalue weighted by Gasteiger charge is 2.18. The minimum atomic E-state index is -0.0391. The maximum Gasteiger partial charge on any atom is 0.267 e. The lowest BCUT2D eigenvalue weighted by Gasteiger charge is -2.13. The molecular weight excluding hydrogens is 348 g/mol. The fraction of sp³-hybridized carbons (Fsp3) is 0.350. The third-order valence-corrected chi connectivity index (χ3v) is 5.22. The third kappa shape index (κ3) is 3.70. The highest BCUT2D eigenvalue weighted by Crippen LogP contribution is 2.31. The molecule has 2 aromatic heterocycles. The van der Waals surface area contributed by atoms with E-state index in [9.17, 15) is 4.79 Å². The molecule has 1 aromatic carbocycles. The van der Waals surface area contributed by atoms with Gasteiger partial charge in [0.15, 0.2) is 0 Å². The van der Waals surface area contributed by atoms with Crippen LogP contribution in [0.3, 0.4) is 0 Å². The fourth-order valence-corrected chi connectivity index (χ4v) is 3.95. The number of thiophene rings is 1. The Balaban J connectivity index is 2.03. The van der Waals surface area contributed by atoms with Gasteiger partial charge in [-0.1, -0.05) is 6.92 Å². The number of methoxy groups -OCH3 is 2. The summed E-state index contributed by atoms with van der Waals surface area (Å²) in [6.07, 6.45) is 0.910. The van der Waals surface area contributed by atoms with Gasteiger partial charge in [0, 0.05) is 24.0 Å². The van der Waals surface area contributed by atoms with E-state index >= 15 is 0 Å². The van der Waals surface area contributed by atoms with Crippen molar-refractivity contribution in [3.63, 3.8) is 0 Å². The van der Waals surface area contributed by atoms with Crippen molar-refractivity contribution in [2.24, 2.45) is 0 Å². The van der Waals surface area contributed by atoms with E-state index in [1.165, 1.54) is 4.88 Å². The number of amides is 1. The van der Waals surface area contributed by atoms with E-state index in [0.29, 0.717) is 18.8 Å². The Labute approximate surface area is 157 Å². The lowest BCUT2D eigenvalue weighted by atomic mass is 10.2. The largest absolute Gasteiger partial charge is 0.497 e. The Kier molecular flexibility index (Phi) is 5.52. The van der Waals surface area contributed by atoms with Crippen LogP contribution in [0.5, 0.6) is 11.5 Å². The summed E-state index contributed by atoms with van der Waals surface area (Å²) in [7, 11) is 3.27. The zero-order valence-electron chi connectivity index (χ0n) is 15.6. The number of aryl methyl sites for hydroxylation is 1. The molecule has 0 radical (unpaired) electrons. The Morgan fingerprint density at radius 1 is 1.12 bits per heavy atom. The summed E-state index contributed by atoms with van der Waals surface area (Å²) in [6, 6.07) is 9.91. The highest BCUT2D eigenvalue weighted by atomic mass is 32.1. The minimum absolute atomic E-state index is 0.0391. The first-order valence-corrected chi connectivity index (χ1v) is 9.47. The van der Waals surface area contributed by atoms with E-state index in [-0.39, 0.29) is 5.91 Å². The van der Waals surface area contributed by atoms with E-state index in [0.717, 1.165) is 33.7 Å². The van der Waals surface area contributed by atoms with Crippen LogP contribution in [-0.4, -0.2) is 31.2 Å². The number of aromatic nitrogens is 1. The Bertz CT molecular complexity index is 904. The van der Waals surface area contributed by atoms with Gasteiger partial charge in [-0.05, 0) is 43.2 Å². The van der Waals surface area contributed by atoms with Gasteiger partial charge in [0.2, 0.25) is 0 Å². The van der Waals surface area contributed by atoms with Crippen molar-refractivity contribution in [3.05, 3.63) is 46.5 Å². The molecule has 5 nitrogen and oxygen atoms in total. The molecule has 2 heterocycles. The number of carbonyl (C=O) groups excluding carboxylic acids is 1. The first kappa shape index (κ1) is 18.3. The van der Waals surface area contributed by atoms with E-state index in [4.69, 9.17) is 9.47 Å². The molecule has 138 valence electrons. The number of benzene rings is 1. The fourth-order valence-electron chi connectivity index (χ4n) is 2.99. The van der Waals surface area contributed by atoms with Gasteiger partial charge in [-0.3, -0.25) is 4.79 Å². The first-order chi connectivity index (χ1) is 12.5. The maximum absolute atomic E-state index is 12.6. The molecule has 6 heteroatoms. The summed E-state index contributed by atoms with van der Waals surface area (Å²) in [5.41, 5.74) is 2.78. The van der Waals surface area contributed by atoms with Gasteiger partial charge in [0.1, 0.15) is 17.2 Å². The third-order valence-electron chi connectivity index (χ3n) is 4.23. The van der Waals surface area contributed by atoms with E-state index in [1.54, 1.807) is 25.6 Å². The number of rotatable bonds is 7. The summed E-state index contributed by atoms with van der Waals surface area (Å²) >= 11 is 1.70. The molecule has 1 N–H and O–H groups in total. The van der Waals surface area contributed by atoms with Crippen LogP contribution in [0, 0.1) is 6.92 Å². The van der Waals surface area contributed by atoms with Crippen molar-refractivity contribution in [2.45, 2.75) is 26.8 Å². The molecule has 0 saturated carbocycles. The van der Waals surface area contributed by atoms with Crippen LogP contribution < -0.4 is 14.8 Å². The van der Waals surface area contributed by atoms with Crippen LogP contribution in [0.1, 0.15) is 34.3 Å². The number of ether oxygens (including phenoxy) is 2. The molecular formula is C20H24N2O3S. The topological polar surface area (TPSA) is 52.5 Å². The van der Waals surface area contributed by atoms with Gasteiger partial charge in [0.05, 0.1) is 24.4 Å². The second kappa shape index (κ2) is 7.83. The summed E-state index contributed by atoms with van der Waals surface area (Å²) in [4.78, 5) is 13.9. The monoisotopic (exact) mass is 372 g/mol. The first-order valence-electron chi connectivity index (χ1n) is 8.65. The number of fused-ring (bicyclic) bond motifs is 1. The standard InChI is InChI=1S/C20H24N2O3S/c1-5-6-21-20(23)18-11-19-17(7-13(2)26-19)22(18)12-14-8-15(24-3)10-16(9-14)25-4/h7-11H,5-6,12H2,1-4H3,(H,21,23). The van der Waals surface area contributed by atoms with E-state index in [1.807, 2.05) is 31.2 Å². The summed E-state index contributed by atoms with van der Waals surface area (Å²) in [5.74, 6) is 1.44. The zero-order valence-corrected chi connectivity index (χ0v) is 16.4. The molecule has 0 saturated heterocycles.